The fraction of sp³-hybridized carbons (Fsp3) is 0.200. The minimum Gasteiger partial charge on any atom is -0.323 e. The number of hydrogen-bond acceptors (Lipinski definition) is 3. The fourth-order valence-corrected chi connectivity index (χ4v) is 0.828. The van der Waals surface area contributed by atoms with Gasteiger partial charge in [0, 0.05) is 7.05 Å². The largest absolute Gasteiger partial charge is 0.433 e. The van der Waals surface area contributed by atoms with Crippen LogP contribution in [0.15, 0.2) is 12.4 Å². The maximum absolute atomic E-state index is 10.6. The topological polar surface area (TPSA) is 56.1 Å². The summed E-state index contributed by atoms with van der Waals surface area (Å²) in [5.74, 6) is 0. The van der Waals surface area contributed by atoms with Crippen molar-refractivity contribution in [3.05, 3.63) is 16.0 Å². The van der Waals surface area contributed by atoms with Gasteiger partial charge in [-0.05, 0) is 22.6 Å². The average molecular weight is 267 g/mol. The molecule has 0 unspecified atom stereocenters. The van der Waals surface area contributed by atoms with Crippen LogP contribution in [0.1, 0.15) is 0 Å². The molecule has 0 aliphatic rings. The van der Waals surface area contributed by atoms with Crippen molar-refractivity contribution in [2.24, 2.45) is 0 Å². The van der Waals surface area contributed by atoms with Crippen molar-refractivity contribution in [1.29, 1.82) is 0 Å². The first-order valence-electron chi connectivity index (χ1n) is 2.82. The molecule has 1 aromatic heterocycles. The minimum absolute atomic E-state index is 0.538. The molecule has 0 aromatic carbocycles. The van der Waals surface area contributed by atoms with Gasteiger partial charge in [0.05, 0.1) is 16.0 Å². The lowest BCUT2D eigenvalue weighted by molar-refractivity contribution is 0.118. The Kier molecular flexibility index (Phi) is 2.69. The molecule has 0 atom stereocenters. The van der Waals surface area contributed by atoms with E-state index in [0.717, 1.165) is 8.42 Å². The monoisotopic (exact) mass is 267 g/mol. The Labute approximate surface area is 76.8 Å². The molecule has 60 valence electrons. The highest BCUT2D eigenvalue weighted by atomic mass is 127. The lowest BCUT2D eigenvalue weighted by Crippen LogP contribution is -2.29. The Balaban J connectivity index is 2.57. The van der Waals surface area contributed by atoms with E-state index in [9.17, 15) is 4.79 Å². The third-order valence-electron chi connectivity index (χ3n) is 0.909. The van der Waals surface area contributed by atoms with Crippen LogP contribution in [-0.4, -0.2) is 23.1 Å². The molecule has 1 amide bonds. The summed E-state index contributed by atoms with van der Waals surface area (Å²) in [4.78, 5) is 16.3. The van der Waals surface area contributed by atoms with Gasteiger partial charge in [-0.2, -0.15) is 0 Å². The zero-order chi connectivity index (χ0) is 8.27. The summed E-state index contributed by atoms with van der Waals surface area (Å²) in [6.07, 6.45) is 2.64. The molecule has 0 spiro atoms. The van der Waals surface area contributed by atoms with Crippen molar-refractivity contribution in [2.75, 3.05) is 7.05 Å². The first kappa shape index (κ1) is 8.31. The van der Waals surface area contributed by atoms with E-state index in [1.807, 2.05) is 0 Å². The van der Waals surface area contributed by atoms with Gasteiger partial charge in [-0.25, -0.2) is 4.79 Å². The number of carbonyl (C=O) groups excluding carboxylic acids is 1. The zero-order valence-corrected chi connectivity index (χ0v) is 7.90. The molecule has 0 aliphatic carbocycles. The Morgan fingerprint density at radius 1 is 1.91 bits per heavy atom. The highest BCUT2D eigenvalue weighted by Gasteiger charge is 2.00. The average Bonchev–Trinajstić information content (AvgIpc) is 2.35. The first-order chi connectivity index (χ1) is 5.22. The number of amides is 1. The van der Waals surface area contributed by atoms with Gasteiger partial charge in [0.15, 0.2) is 0 Å². The van der Waals surface area contributed by atoms with E-state index >= 15 is 0 Å². The number of nitrogens with zero attached hydrogens (tertiary/aromatic N) is 2. The minimum atomic E-state index is -0.538. The number of nitrogens with one attached hydrogen (secondary N) is 1. The summed E-state index contributed by atoms with van der Waals surface area (Å²) in [7, 11) is 1.48. The van der Waals surface area contributed by atoms with Crippen LogP contribution in [0.3, 0.4) is 0 Å². The molecule has 0 radical (unpaired) electrons. The standard InChI is InChI=1S/C5H6IN3O2/c1-7-5(10)11-9-3-4(6)2-8-9/h2-3H,1H3,(H,7,10). The Morgan fingerprint density at radius 2 is 2.64 bits per heavy atom. The lowest BCUT2D eigenvalue weighted by Gasteiger charge is -1.99. The third-order valence-corrected chi connectivity index (χ3v) is 1.47. The highest BCUT2D eigenvalue weighted by Crippen LogP contribution is 1.98. The Morgan fingerprint density at radius 3 is 3.09 bits per heavy atom. The van der Waals surface area contributed by atoms with Gasteiger partial charge < -0.3 is 5.32 Å². The second kappa shape index (κ2) is 3.56. The maximum atomic E-state index is 10.6. The van der Waals surface area contributed by atoms with Gasteiger partial charge in [0.1, 0.15) is 0 Å². The third kappa shape index (κ3) is 2.37. The van der Waals surface area contributed by atoms with Crippen molar-refractivity contribution in [1.82, 2.24) is 15.3 Å². The number of aromatic nitrogens is 2. The van der Waals surface area contributed by atoms with Crippen molar-refractivity contribution in [3.63, 3.8) is 0 Å². The summed E-state index contributed by atoms with van der Waals surface area (Å²) in [6, 6.07) is 0. The van der Waals surface area contributed by atoms with E-state index in [0.29, 0.717) is 0 Å². The van der Waals surface area contributed by atoms with Crippen LogP contribution in [0.4, 0.5) is 4.79 Å². The van der Waals surface area contributed by atoms with Crippen molar-refractivity contribution in [3.8, 4) is 0 Å². The summed E-state index contributed by atoms with van der Waals surface area (Å²) in [5, 5.41) is 6.03. The van der Waals surface area contributed by atoms with Gasteiger partial charge in [-0.3, -0.25) is 4.84 Å². The molecular formula is C5H6IN3O2. The molecule has 6 heteroatoms. The van der Waals surface area contributed by atoms with Crippen molar-refractivity contribution in [2.45, 2.75) is 0 Å². The van der Waals surface area contributed by atoms with Crippen LogP contribution in [0, 0.1) is 3.57 Å². The predicted octanol–water partition coefficient (Wildman–Crippen LogP) is 0.256. The molecule has 1 N–H and O–H groups in total. The summed E-state index contributed by atoms with van der Waals surface area (Å²) in [5.41, 5.74) is 0. The fourth-order valence-electron chi connectivity index (χ4n) is 0.465. The Bertz CT molecular complexity index is 260. The number of hydrogen-bond donors (Lipinski definition) is 1. The molecule has 1 aromatic rings. The molecule has 1 rings (SSSR count). The molecule has 1 heterocycles. The molecule has 5 nitrogen and oxygen atoms in total. The predicted molar refractivity (Wildman–Crippen MR) is 46.0 cm³/mol. The van der Waals surface area contributed by atoms with Gasteiger partial charge >= 0.3 is 6.09 Å². The smallest absolute Gasteiger partial charge is 0.323 e. The summed E-state index contributed by atoms with van der Waals surface area (Å²) < 4.78 is 0.909. The quantitative estimate of drug-likeness (QED) is 0.742. The van der Waals surface area contributed by atoms with E-state index in [2.05, 4.69) is 37.8 Å². The normalized spacial score (nSPS) is 9.27. The van der Waals surface area contributed by atoms with Gasteiger partial charge in [-0.1, -0.05) is 4.85 Å². The SMILES string of the molecule is CNC(=O)On1cc(I)cn1. The van der Waals surface area contributed by atoms with Gasteiger partial charge in [0.25, 0.3) is 0 Å². The van der Waals surface area contributed by atoms with Crippen LogP contribution in [0.2, 0.25) is 0 Å². The van der Waals surface area contributed by atoms with Crippen molar-refractivity contribution < 1.29 is 9.63 Å². The van der Waals surface area contributed by atoms with Crippen LogP contribution in [-0.2, 0) is 0 Å². The molecule has 0 aliphatic heterocycles. The van der Waals surface area contributed by atoms with E-state index < -0.39 is 6.09 Å². The Hall–Kier alpha value is -0.790. The molecule has 0 saturated heterocycles. The summed E-state index contributed by atoms with van der Waals surface area (Å²) in [6.45, 7) is 0. The molecule has 0 fully saturated rings. The number of halogens is 1. The molecule has 0 bridgehead atoms. The highest BCUT2D eigenvalue weighted by molar-refractivity contribution is 14.1. The van der Waals surface area contributed by atoms with Crippen LogP contribution in [0.25, 0.3) is 0 Å². The van der Waals surface area contributed by atoms with Crippen LogP contribution >= 0.6 is 22.6 Å². The van der Waals surface area contributed by atoms with Gasteiger partial charge in [-0.15, -0.1) is 5.10 Å². The first-order valence-corrected chi connectivity index (χ1v) is 3.90. The second-order valence-electron chi connectivity index (χ2n) is 1.69. The van der Waals surface area contributed by atoms with E-state index in [1.54, 1.807) is 12.4 Å². The van der Waals surface area contributed by atoms with Gasteiger partial charge in [0.2, 0.25) is 0 Å². The maximum Gasteiger partial charge on any atom is 0.433 e. The van der Waals surface area contributed by atoms with E-state index in [4.69, 9.17) is 0 Å². The van der Waals surface area contributed by atoms with Crippen LogP contribution < -0.4 is 10.2 Å². The molecule has 0 saturated carbocycles. The number of carbonyl (C=O) groups is 1. The van der Waals surface area contributed by atoms with E-state index in [1.165, 1.54) is 7.05 Å². The van der Waals surface area contributed by atoms with E-state index in [-0.39, 0.29) is 0 Å². The number of rotatable bonds is 1. The second-order valence-corrected chi connectivity index (χ2v) is 2.94. The molecule has 11 heavy (non-hydrogen) atoms. The van der Waals surface area contributed by atoms with Crippen molar-refractivity contribution >= 4 is 28.7 Å². The lowest BCUT2D eigenvalue weighted by atomic mass is 10.8. The molecular weight excluding hydrogens is 261 g/mol. The van der Waals surface area contributed by atoms with Crippen LogP contribution in [0.5, 0.6) is 0 Å². The zero-order valence-electron chi connectivity index (χ0n) is 5.74. The summed E-state index contributed by atoms with van der Waals surface area (Å²) >= 11 is 2.06.